The minimum Gasteiger partial charge on any atom is -0.382 e. The van der Waals surface area contributed by atoms with Gasteiger partial charge in [0.2, 0.25) is 0 Å². The van der Waals surface area contributed by atoms with Crippen molar-refractivity contribution >= 4 is 17.2 Å². The number of anilines is 1. The van der Waals surface area contributed by atoms with Crippen molar-refractivity contribution in [2.24, 2.45) is 0 Å². The van der Waals surface area contributed by atoms with Crippen molar-refractivity contribution in [2.45, 2.75) is 0 Å². The van der Waals surface area contributed by atoms with E-state index in [1.54, 1.807) is 29.8 Å². The van der Waals surface area contributed by atoms with Crippen molar-refractivity contribution < 1.29 is 0 Å². The lowest BCUT2D eigenvalue weighted by molar-refractivity contribution is 1.07. The lowest BCUT2D eigenvalue weighted by atomic mass is 10.2. The van der Waals surface area contributed by atoms with Crippen LogP contribution in [0.3, 0.4) is 0 Å². The van der Waals surface area contributed by atoms with Crippen LogP contribution in [0.2, 0.25) is 0 Å². The number of thiophene rings is 1. The summed E-state index contributed by atoms with van der Waals surface area (Å²) in [5, 5.41) is 8.91. The van der Waals surface area contributed by atoms with Crippen LogP contribution in [0.1, 0.15) is 0 Å². The SMILES string of the molecule is Nc1n[nH]c(-c2ncccn2)c1-c1cccs1. The molecule has 3 aromatic rings. The van der Waals surface area contributed by atoms with E-state index in [-0.39, 0.29) is 0 Å². The molecule has 0 aliphatic rings. The topological polar surface area (TPSA) is 80.5 Å². The predicted molar refractivity (Wildman–Crippen MR) is 67.3 cm³/mol. The highest BCUT2D eigenvalue weighted by Crippen LogP contribution is 2.35. The molecule has 0 amide bonds. The predicted octanol–water partition coefficient (Wildman–Crippen LogP) is 2.18. The van der Waals surface area contributed by atoms with Gasteiger partial charge in [0.1, 0.15) is 5.69 Å². The molecule has 3 aromatic heterocycles. The molecule has 0 unspecified atom stereocenters. The number of nitrogen functional groups attached to an aromatic ring is 1. The highest BCUT2D eigenvalue weighted by Gasteiger charge is 2.16. The van der Waals surface area contributed by atoms with Crippen LogP contribution in [-0.2, 0) is 0 Å². The third kappa shape index (κ3) is 1.68. The molecule has 0 bridgehead atoms. The van der Waals surface area contributed by atoms with E-state index < -0.39 is 0 Å². The van der Waals surface area contributed by atoms with E-state index in [1.165, 1.54) is 0 Å². The Hall–Kier alpha value is -2.21. The van der Waals surface area contributed by atoms with Gasteiger partial charge in [-0.05, 0) is 17.5 Å². The maximum absolute atomic E-state index is 5.88. The van der Waals surface area contributed by atoms with Gasteiger partial charge in [0.15, 0.2) is 11.6 Å². The van der Waals surface area contributed by atoms with Gasteiger partial charge in [0.25, 0.3) is 0 Å². The molecule has 0 aliphatic heterocycles. The van der Waals surface area contributed by atoms with Crippen molar-refractivity contribution in [3.63, 3.8) is 0 Å². The third-order valence-corrected chi connectivity index (χ3v) is 3.24. The average Bonchev–Trinajstić information content (AvgIpc) is 2.99. The molecule has 0 atom stereocenters. The van der Waals surface area contributed by atoms with Gasteiger partial charge in [-0.2, -0.15) is 5.10 Å². The monoisotopic (exact) mass is 243 g/mol. The van der Waals surface area contributed by atoms with Crippen LogP contribution < -0.4 is 5.73 Å². The summed E-state index contributed by atoms with van der Waals surface area (Å²) < 4.78 is 0. The molecule has 0 aromatic carbocycles. The second-order valence-electron chi connectivity index (χ2n) is 3.41. The van der Waals surface area contributed by atoms with Crippen molar-refractivity contribution in [1.82, 2.24) is 20.2 Å². The van der Waals surface area contributed by atoms with Gasteiger partial charge in [-0.1, -0.05) is 6.07 Å². The zero-order valence-corrected chi connectivity index (χ0v) is 9.61. The number of aromatic amines is 1. The van der Waals surface area contributed by atoms with E-state index in [0.717, 1.165) is 16.1 Å². The van der Waals surface area contributed by atoms with Crippen LogP contribution in [0.4, 0.5) is 5.82 Å². The van der Waals surface area contributed by atoms with Gasteiger partial charge in [-0.25, -0.2) is 9.97 Å². The molecular formula is C11H9N5S. The number of hydrogen-bond acceptors (Lipinski definition) is 5. The van der Waals surface area contributed by atoms with Crippen LogP contribution in [0.25, 0.3) is 22.0 Å². The second-order valence-corrected chi connectivity index (χ2v) is 4.36. The number of hydrogen-bond donors (Lipinski definition) is 2. The van der Waals surface area contributed by atoms with E-state index in [9.17, 15) is 0 Å². The average molecular weight is 243 g/mol. The van der Waals surface area contributed by atoms with E-state index in [2.05, 4.69) is 20.2 Å². The second kappa shape index (κ2) is 3.99. The molecule has 0 aliphatic carbocycles. The molecule has 0 fully saturated rings. The summed E-state index contributed by atoms with van der Waals surface area (Å²) in [5.74, 6) is 1.06. The molecule has 3 rings (SSSR count). The molecule has 0 saturated carbocycles. The molecule has 0 saturated heterocycles. The Morgan fingerprint density at radius 1 is 1.18 bits per heavy atom. The number of nitrogens with one attached hydrogen (secondary N) is 1. The summed E-state index contributed by atoms with van der Waals surface area (Å²) in [6.45, 7) is 0. The van der Waals surface area contributed by atoms with Gasteiger partial charge < -0.3 is 5.73 Å². The van der Waals surface area contributed by atoms with E-state index in [0.29, 0.717) is 11.6 Å². The summed E-state index contributed by atoms with van der Waals surface area (Å²) in [6.07, 6.45) is 3.38. The lowest BCUT2D eigenvalue weighted by Gasteiger charge is -1.99. The first-order valence-electron chi connectivity index (χ1n) is 5.01. The number of rotatable bonds is 2. The number of nitrogens with zero attached hydrogens (tertiary/aromatic N) is 3. The maximum Gasteiger partial charge on any atom is 0.178 e. The molecule has 3 heterocycles. The minimum atomic E-state index is 0.468. The lowest BCUT2D eigenvalue weighted by Crippen LogP contribution is -1.90. The molecule has 17 heavy (non-hydrogen) atoms. The molecular weight excluding hydrogens is 234 g/mol. The molecule has 0 radical (unpaired) electrons. The first kappa shape index (κ1) is 9.98. The van der Waals surface area contributed by atoms with Gasteiger partial charge >= 0.3 is 0 Å². The fraction of sp³-hybridized carbons (Fsp3) is 0. The van der Waals surface area contributed by atoms with Crippen molar-refractivity contribution in [3.05, 3.63) is 36.0 Å². The first-order valence-corrected chi connectivity index (χ1v) is 5.89. The maximum atomic E-state index is 5.88. The normalized spacial score (nSPS) is 10.6. The highest BCUT2D eigenvalue weighted by molar-refractivity contribution is 7.13. The summed E-state index contributed by atoms with van der Waals surface area (Å²) in [7, 11) is 0. The molecule has 84 valence electrons. The number of aromatic nitrogens is 4. The fourth-order valence-corrected chi connectivity index (χ4v) is 2.40. The quantitative estimate of drug-likeness (QED) is 0.722. The Bertz CT molecular complexity index is 615. The third-order valence-electron chi connectivity index (χ3n) is 2.35. The van der Waals surface area contributed by atoms with Crippen molar-refractivity contribution in [2.75, 3.05) is 5.73 Å². The number of H-pyrrole nitrogens is 1. The van der Waals surface area contributed by atoms with E-state index in [1.807, 2.05) is 17.5 Å². The standard InChI is InChI=1S/C11H9N5S/c12-10-8(7-3-1-6-17-7)9(15-16-10)11-13-4-2-5-14-11/h1-6H,(H3,12,15,16). The van der Waals surface area contributed by atoms with Gasteiger partial charge in [-0.3, -0.25) is 5.10 Å². The van der Waals surface area contributed by atoms with E-state index in [4.69, 9.17) is 5.73 Å². The Morgan fingerprint density at radius 2 is 2.00 bits per heavy atom. The van der Waals surface area contributed by atoms with Crippen molar-refractivity contribution in [1.29, 1.82) is 0 Å². The Kier molecular flexibility index (Phi) is 2.34. The van der Waals surface area contributed by atoms with Gasteiger partial charge in [0.05, 0.1) is 5.56 Å². The van der Waals surface area contributed by atoms with Crippen LogP contribution in [0.5, 0.6) is 0 Å². The zero-order valence-electron chi connectivity index (χ0n) is 8.79. The highest BCUT2D eigenvalue weighted by atomic mass is 32.1. The Balaban J connectivity index is 2.20. The molecule has 0 spiro atoms. The number of nitrogens with two attached hydrogens (primary N) is 1. The zero-order chi connectivity index (χ0) is 11.7. The van der Waals surface area contributed by atoms with E-state index >= 15 is 0 Å². The summed E-state index contributed by atoms with van der Waals surface area (Å²) >= 11 is 1.61. The fourth-order valence-electron chi connectivity index (χ4n) is 1.62. The van der Waals surface area contributed by atoms with Gasteiger partial charge in [0, 0.05) is 17.3 Å². The van der Waals surface area contributed by atoms with Crippen LogP contribution in [0.15, 0.2) is 36.0 Å². The van der Waals surface area contributed by atoms with Gasteiger partial charge in [-0.15, -0.1) is 11.3 Å². The molecule has 5 nitrogen and oxygen atoms in total. The largest absolute Gasteiger partial charge is 0.382 e. The van der Waals surface area contributed by atoms with Crippen LogP contribution in [0, 0.1) is 0 Å². The first-order chi connectivity index (χ1) is 8.36. The summed E-state index contributed by atoms with van der Waals surface area (Å²) in [5.41, 5.74) is 7.50. The smallest absolute Gasteiger partial charge is 0.178 e. The van der Waals surface area contributed by atoms with Crippen LogP contribution >= 0.6 is 11.3 Å². The Morgan fingerprint density at radius 3 is 2.71 bits per heavy atom. The molecule has 6 heteroatoms. The summed E-state index contributed by atoms with van der Waals surface area (Å²) in [4.78, 5) is 9.45. The summed E-state index contributed by atoms with van der Waals surface area (Å²) in [6, 6.07) is 5.74. The van der Waals surface area contributed by atoms with Crippen LogP contribution in [-0.4, -0.2) is 20.2 Å². The molecule has 3 N–H and O–H groups in total. The van der Waals surface area contributed by atoms with Crippen molar-refractivity contribution in [3.8, 4) is 22.0 Å². The Labute approximate surface area is 101 Å². The minimum absolute atomic E-state index is 0.468.